The number of ketones is 2. The maximum Gasteiger partial charge on any atom is 0.255 e. The first-order chi connectivity index (χ1) is 20.8. The van der Waals surface area contributed by atoms with E-state index in [2.05, 4.69) is 10.3 Å². The van der Waals surface area contributed by atoms with Gasteiger partial charge in [0.2, 0.25) is 11.7 Å². The Morgan fingerprint density at radius 3 is 2.55 bits per heavy atom. The van der Waals surface area contributed by atoms with Crippen LogP contribution in [0, 0.1) is 11.8 Å². The molecular weight excluding hydrogens is 575 g/mol. The standard InChI is InChI=1S/C31H35FN4O8/c1-13(10-32)34-12-16-8-17(14-5-6-20(44-4)35-11-14)18-7-15-9-19-24(36(2)3)27(39)23(30(33)42)29(41)31(19,43)28(40)21(15)26(38)22(18)25(16)37/h5-6,8,11,13,15,19,24,34,37-38,41,43H,7,9-10,12H2,1-4H3,(H2,33,42)/t13?,15-,19-,24?,31-/m0/s1. The Morgan fingerprint density at radius 1 is 1.27 bits per heavy atom. The lowest BCUT2D eigenvalue weighted by Gasteiger charge is -2.50. The molecule has 0 spiro atoms. The van der Waals surface area contributed by atoms with E-state index in [9.17, 15) is 39.2 Å². The third kappa shape index (κ3) is 4.62. The number of nitrogens with zero attached hydrogens (tertiary/aromatic N) is 2. The average Bonchev–Trinajstić information content (AvgIpc) is 2.98. The molecule has 7 N–H and O–H groups in total. The molecule has 1 fully saturated rings. The van der Waals surface area contributed by atoms with Gasteiger partial charge in [0.15, 0.2) is 11.4 Å². The Bertz CT molecular complexity index is 1620. The number of aliphatic hydroxyl groups is 3. The Balaban J connectivity index is 1.74. The number of amides is 1. The number of halogens is 1. The van der Waals surface area contributed by atoms with Gasteiger partial charge in [0.05, 0.1) is 18.7 Å². The van der Waals surface area contributed by atoms with Crippen LogP contribution in [0.3, 0.4) is 0 Å². The van der Waals surface area contributed by atoms with E-state index in [-0.39, 0.29) is 36.3 Å². The number of aliphatic hydroxyl groups excluding tert-OH is 2. The lowest BCUT2D eigenvalue weighted by atomic mass is 9.57. The normalized spacial score (nSPS) is 25.5. The van der Waals surface area contributed by atoms with Crippen molar-refractivity contribution in [1.29, 1.82) is 0 Å². The molecule has 1 aromatic carbocycles. The second kappa shape index (κ2) is 11.3. The van der Waals surface area contributed by atoms with Crippen LogP contribution in [-0.2, 0) is 27.3 Å². The second-order valence-corrected chi connectivity index (χ2v) is 11.8. The van der Waals surface area contributed by atoms with Crippen molar-refractivity contribution in [3.63, 3.8) is 0 Å². The summed E-state index contributed by atoms with van der Waals surface area (Å²) in [6.45, 7) is 0.986. The number of carbonyl (C=O) groups excluding carboxylic acids is 3. The lowest BCUT2D eigenvalue weighted by molar-refractivity contribution is -0.153. The fraction of sp³-hybridized carbons (Fsp3) is 0.419. The smallest absolute Gasteiger partial charge is 0.255 e. The first-order valence-corrected chi connectivity index (χ1v) is 14.1. The largest absolute Gasteiger partial charge is 0.508 e. The van der Waals surface area contributed by atoms with E-state index in [0.717, 1.165) is 0 Å². The molecular formula is C31H35FN4O8. The van der Waals surface area contributed by atoms with Crippen molar-refractivity contribution in [2.24, 2.45) is 17.6 Å². The number of carbonyl (C=O) groups is 3. The Morgan fingerprint density at radius 2 is 1.98 bits per heavy atom. The van der Waals surface area contributed by atoms with Crippen molar-refractivity contribution in [3.05, 3.63) is 58.0 Å². The van der Waals surface area contributed by atoms with Gasteiger partial charge < -0.3 is 36.2 Å². The van der Waals surface area contributed by atoms with Crippen LogP contribution in [0.25, 0.3) is 16.9 Å². The molecule has 0 bridgehead atoms. The van der Waals surface area contributed by atoms with E-state index in [0.29, 0.717) is 28.1 Å². The number of fused-ring (bicyclic) bond motifs is 3. The number of primary amides is 1. The van der Waals surface area contributed by atoms with Crippen LogP contribution in [0.1, 0.15) is 30.0 Å². The van der Waals surface area contributed by atoms with Gasteiger partial charge in [0.25, 0.3) is 5.91 Å². The van der Waals surface area contributed by atoms with Gasteiger partial charge in [-0.05, 0) is 63.0 Å². The lowest BCUT2D eigenvalue weighted by Crippen LogP contribution is -2.65. The molecule has 12 nitrogen and oxygen atoms in total. The predicted octanol–water partition coefficient (Wildman–Crippen LogP) is 1.48. The number of methoxy groups -OCH3 is 1. The highest BCUT2D eigenvalue weighted by Gasteiger charge is 2.64. The number of benzene rings is 1. The number of pyridine rings is 1. The van der Waals surface area contributed by atoms with E-state index in [4.69, 9.17) is 10.5 Å². The average molecular weight is 611 g/mol. The number of hydrogen-bond acceptors (Lipinski definition) is 11. The van der Waals surface area contributed by atoms with Crippen LogP contribution in [0.5, 0.6) is 11.6 Å². The first-order valence-electron chi connectivity index (χ1n) is 14.1. The van der Waals surface area contributed by atoms with Gasteiger partial charge >= 0.3 is 0 Å². The summed E-state index contributed by atoms with van der Waals surface area (Å²) in [6.07, 6.45) is 1.63. The molecule has 5 atom stereocenters. The van der Waals surface area contributed by atoms with Crippen LogP contribution in [0.15, 0.2) is 41.3 Å². The fourth-order valence-corrected chi connectivity index (χ4v) is 6.76. The summed E-state index contributed by atoms with van der Waals surface area (Å²) in [4.78, 5) is 45.4. The molecule has 44 heavy (non-hydrogen) atoms. The molecule has 234 valence electrons. The number of alkyl halides is 1. The van der Waals surface area contributed by atoms with E-state index < -0.39 is 70.8 Å². The zero-order chi connectivity index (χ0) is 32.2. The maximum atomic E-state index is 14.2. The van der Waals surface area contributed by atoms with E-state index >= 15 is 0 Å². The van der Waals surface area contributed by atoms with Gasteiger partial charge in [-0.2, -0.15) is 0 Å². The molecule has 1 heterocycles. The third-order valence-electron chi connectivity index (χ3n) is 8.93. The van der Waals surface area contributed by atoms with Crippen LogP contribution in [0.4, 0.5) is 4.39 Å². The van der Waals surface area contributed by atoms with Crippen molar-refractivity contribution in [1.82, 2.24) is 15.2 Å². The molecule has 3 aliphatic carbocycles. The Labute approximate surface area is 252 Å². The highest BCUT2D eigenvalue weighted by atomic mass is 19.1. The van der Waals surface area contributed by atoms with E-state index in [1.807, 2.05) is 0 Å². The number of likely N-dealkylation sites (N-methyl/N-ethyl adjacent to an activating group) is 1. The minimum absolute atomic E-state index is 0.0188. The topological polar surface area (TPSA) is 196 Å². The summed E-state index contributed by atoms with van der Waals surface area (Å²) in [5, 5.41) is 49.0. The van der Waals surface area contributed by atoms with Crippen LogP contribution < -0.4 is 15.8 Å². The number of phenolic OH excluding ortho intramolecular Hbond substituents is 1. The molecule has 3 aliphatic rings. The predicted molar refractivity (Wildman–Crippen MR) is 156 cm³/mol. The van der Waals surface area contributed by atoms with Gasteiger partial charge in [-0.1, -0.05) is 0 Å². The molecule has 13 heteroatoms. The molecule has 0 aliphatic heterocycles. The van der Waals surface area contributed by atoms with E-state index in [1.54, 1.807) is 45.4 Å². The van der Waals surface area contributed by atoms with Crippen molar-refractivity contribution in [2.45, 2.75) is 44.0 Å². The minimum atomic E-state index is -2.74. The van der Waals surface area contributed by atoms with Gasteiger partial charge in [-0.3, -0.25) is 19.3 Å². The number of aromatic hydroxyl groups is 1. The number of ether oxygens (including phenoxy) is 1. The molecule has 2 unspecified atom stereocenters. The first kappa shape index (κ1) is 31.1. The van der Waals surface area contributed by atoms with Crippen LogP contribution in [0.2, 0.25) is 0 Å². The van der Waals surface area contributed by atoms with Gasteiger partial charge in [-0.25, -0.2) is 9.37 Å². The van der Waals surface area contributed by atoms with Crippen LogP contribution in [-0.4, -0.2) is 93.3 Å². The third-order valence-corrected chi connectivity index (χ3v) is 8.93. The number of aromatic nitrogens is 1. The number of phenols is 1. The summed E-state index contributed by atoms with van der Waals surface area (Å²) >= 11 is 0. The minimum Gasteiger partial charge on any atom is -0.508 e. The molecule has 2 aromatic rings. The Hall–Kier alpha value is -4.33. The molecule has 1 amide bonds. The number of nitrogens with two attached hydrogens (primary N) is 1. The molecule has 1 aromatic heterocycles. The summed E-state index contributed by atoms with van der Waals surface area (Å²) < 4.78 is 18.4. The quantitative estimate of drug-likeness (QED) is 0.237. The van der Waals surface area contributed by atoms with Crippen molar-refractivity contribution in [3.8, 4) is 22.8 Å². The fourth-order valence-electron chi connectivity index (χ4n) is 6.76. The number of rotatable bonds is 8. The molecule has 0 saturated heterocycles. The number of Topliss-reactive ketones (excluding diaryl/α,β-unsaturated/α-hetero) is 2. The molecule has 1 saturated carbocycles. The summed E-state index contributed by atoms with van der Waals surface area (Å²) in [5.74, 6) is -6.90. The highest BCUT2D eigenvalue weighted by Crippen LogP contribution is 2.54. The van der Waals surface area contributed by atoms with Gasteiger partial charge in [0, 0.05) is 47.5 Å². The molecule has 0 radical (unpaired) electrons. The molecule has 5 rings (SSSR count). The van der Waals surface area contributed by atoms with Crippen LogP contribution >= 0.6 is 0 Å². The van der Waals surface area contributed by atoms with E-state index in [1.165, 1.54) is 12.0 Å². The van der Waals surface area contributed by atoms with Gasteiger partial charge in [-0.15, -0.1) is 0 Å². The SMILES string of the molecule is COc1ccc(-c2cc(CNC(C)CF)c(O)c3c2C[C@H]2C[C@H]4C(N(C)C)C(=O)C(C(N)=O)=C(O)[C@@]4(O)C(=O)C2=C3O)cn1. The maximum absolute atomic E-state index is 14.2. The summed E-state index contributed by atoms with van der Waals surface area (Å²) in [6, 6.07) is 3.38. The van der Waals surface area contributed by atoms with Crippen molar-refractivity contribution < 1.29 is 43.9 Å². The highest BCUT2D eigenvalue weighted by molar-refractivity contribution is 6.24. The van der Waals surface area contributed by atoms with Gasteiger partial charge in [0.1, 0.15) is 29.5 Å². The monoisotopic (exact) mass is 610 g/mol. The second-order valence-electron chi connectivity index (χ2n) is 11.8. The zero-order valence-corrected chi connectivity index (χ0v) is 24.7. The number of hydrogen-bond donors (Lipinski definition) is 6. The Kier molecular flexibility index (Phi) is 7.99. The van der Waals surface area contributed by atoms with Crippen molar-refractivity contribution >= 4 is 23.2 Å². The number of nitrogens with one attached hydrogen (secondary N) is 1. The van der Waals surface area contributed by atoms with Crippen molar-refractivity contribution in [2.75, 3.05) is 27.9 Å². The summed E-state index contributed by atoms with van der Waals surface area (Å²) in [7, 11) is 4.56. The zero-order valence-electron chi connectivity index (χ0n) is 24.7. The summed E-state index contributed by atoms with van der Waals surface area (Å²) in [5.41, 5.74) is 3.45.